The third-order valence-electron chi connectivity index (χ3n) is 5.17. The van der Waals surface area contributed by atoms with Crippen LogP contribution in [0.2, 0.25) is 0 Å². The fraction of sp³-hybridized carbons (Fsp3) is 0.632. The molecule has 1 aromatic rings. The van der Waals surface area contributed by atoms with Crippen LogP contribution in [0.15, 0.2) is 29.3 Å². The molecule has 1 unspecified atom stereocenters. The topological polar surface area (TPSA) is 74.0 Å². The fourth-order valence-electron chi connectivity index (χ4n) is 3.30. The highest BCUT2D eigenvalue weighted by molar-refractivity contribution is 14.0. The Morgan fingerprint density at radius 3 is 2.30 bits per heavy atom. The first-order valence-corrected chi connectivity index (χ1v) is 9.72. The van der Waals surface area contributed by atoms with E-state index in [0.29, 0.717) is 38.7 Å². The summed E-state index contributed by atoms with van der Waals surface area (Å²) in [4.78, 5) is 17.9. The Kier molecular flexibility index (Phi) is 10.8. The number of nitrogens with zero attached hydrogens (tertiary/aromatic N) is 4. The summed E-state index contributed by atoms with van der Waals surface area (Å²) >= 11 is 0. The molecule has 0 spiro atoms. The second-order valence-electron chi connectivity index (χ2n) is 7.10. The van der Waals surface area contributed by atoms with Crippen LogP contribution in [0.3, 0.4) is 0 Å². The third kappa shape index (κ3) is 7.89. The number of hydrogen-bond donors (Lipinski definition) is 1. The molecule has 0 radical (unpaired) electrons. The largest absolute Gasteiger partial charge is 0.403 e. The molecule has 1 N–H and O–H groups in total. The van der Waals surface area contributed by atoms with E-state index in [-0.39, 0.29) is 29.7 Å². The Balaban J connectivity index is 0.00000450. The number of benzene rings is 1. The second-order valence-corrected chi connectivity index (χ2v) is 7.10. The van der Waals surface area contributed by atoms with Gasteiger partial charge in [0.05, 0.1) is 4.92 Å². The lowest BCUT2D eigenvalue weighted by Gasteiger charge is -2.39. The van der Waals surface area contributed by atoms with E-state index in [1.807, 2.05) is 4.90 Å². The number of nitro benzene ring substituents is 1. The minimum atomic E-state index is -4.20. The van der Waals surface area contributed by atoms with E-state index in [4.69, 9.17) is 0 Å². The molecule has 30 heavy (non-hydrogen) atoms. The van der Waals surface area contributed by atoms with Gasteiger partial charge >= 0.3 is 6.18 Å². The summed E-state index contributed by atoms with van der Waals surface area (Å²) in [7, 11) is 1.67. The standard InChI is InChI=1S/C19H28F3N5O2.HI/c1-15(19(20,21)22)25-11-13-26(14-12-25)18(23-2)24-10-4-3-5-16-6-8-17(9-7-16)27(28)29;/h6-9,15H,3-5,10-14H2,1-2H3,(H,23,24);1H. The molecule has 1 heterocycles. The number of guanidine groups is 1. The van der Waals surface area contributed by atoms with E-state index in [9.17, 15) is 23.3 Å². The molecule has 1 saturated heterocycles. The van der Waals surface area contributed by atoms with Gasteiger partial charge in [-0.1, -0.05) is 12.1 Å². The third-order valence-corrected chi connectivity index (χ3v) is 5.17. The van der Waals surface area contributed by atoms with E-state index in [2.05, 4.69) is 10.3 Å². The molecule has 1 aliphatic heterocycles. The molecule has 11 heteroatoms. The maximum absolute atomic E-state index is 12.9. The zero-order chi connectivity index (χ0) is 21.4. The van der Waals surface area contributed by atoms with E-state index < -0.39 is 17.1 Å². The van der Waals surface area contributed by atoms with Gasteiger partial charge in [-0.2, -0.15) is 13.2 Å². The smallest absolute Gasteiger partial charge is 0.356 e. The quantitative estimate of drug-likeness (QED) is 0.142. The zero-order valence-corrected chi connectivity index (χ0v) is 19.5. The first-order chi connectivity index (χ1) is 13.7. The van der Waals surface area contributed by atoms with E-state index in [0.717, 1.165) is 24.8 Å². The van der Waals surface area contributed by atoms with Gasteiger partial charge in [-0.25, -0.2) is 0 Å². The van der Waals surface area contributed by atoms with Crippen molar-refractivity contribution in [3.63, 3.8) is 0 Å². The lowest BCUT2D eigenvalue weighted by Crippen LogP contribution is -2.56. The van der Waals surface area contributed by atoms with Crippen LogP contribution in [0.1, 0.15) is 25.3 Å². The van der Waals surface area contributed by atoms with Crippen LogP contribution in [0.5, 0.6) is 0 Å². The number of non-ortho nitro benzene ring substituents is 1. The number of aliphatic imine (C=N–C) groups is 1. The van der Waals surface area contributed by atoms with Crippen molar-refractivity contribution in [2.75, 3.05) is 39.8 Å². The van der Waals surface area contributed by atoms with Crippen molar-refractivity contribution in [2.24, 2.45) is 4.99 Å². The van der Waals surface area contributed by atoms with Crippen molar-refractivity contribution in [2.45, 2.75) is 38.4 Å². The van der Waals surface area contributed by atoms with Crippen LogP contribution >= 0.6 is 24.0 Å². The van der Waals surface area contributed by atoms with Crippen molar-refractivity contribution in [3.8, 4) is 0 Å². The summed E-state index contributed by atoms with van der Waals surface area (Å²) in [5, 5.41) is 13.9. The van der Waals surface area contributed by atoms with Crippen LogP contribution < -0.4 is 5.32 Å². The first kappa shape index (κ1) is 26.4. The van der Waals surface area contributed by atoms with Gasteiger partial charge < -0.3 is 10.2 Å². The summed E-state index contributed by atoms with van der Waals surface area (Å²) in [5.74, 6) is 0.708. The van der Waals surface area contributed by atoms with Crippen molar-refractivity contribution < 1.29 is 18.1 Å². The predicted octanol–water partition coefficient (Wildman–Crippen LogP) is 3.68. The lowest BCUT2D eigenvalue weighted by molar-refractivity contribution is -0.384. The monoisotopic (exact) mass is 543 g/mol. The van der Waals surface area contributed by atoms with Crippen LogP contribution in [0, 0.1) is 10.1 Å². The maximum atomic E-state index is 12.9. The number of aryl methyl sites for hydroxylation is 1. The highest BCUT2D eigenvalue weighted by Gasteiger charge is 2.41. The molecule has 1 aliphatic rings. The van der Waals surface area contributed by atoms with E-state index >= 15 is 0 Å². The normalized spacial score (nSPS) is 16.7. The van der Waals surface area contributed by atoms with Crippen LogP contribution in [-0.2, 0) is 6.42 Å². The van der Waals surface area contributed by atoms with Gasteiger partial charge in [0.1, 0.15) is 6.04 Å². The number of halogens is 4. The highest BCUT2D eigenvalue weighted by atomic mass is 127. The number of unbranched alkanes of at least 4 members (excludes halogenated alkanes) is 1. The molecule has 0 saturated carbocycles. The van der Waals surface area contributed by atoms with Gasteiger partial charge in [-0.05, 0) is 31.7 Å². The maximum Gasteiger partial charge on any atom is 0.403 e. The second kappa shape index (κ2) is 12.3. The Morgan fingerprint density at radius 1 is 1.20 bits per heavy atom. The van der Waals surface area contributed by atoms with Gasteiger partial charge in [0.25, 0.3) is 5.69 Å². The van der Waals surface area contributed by atoms with Crippen molar-refractivity contribution in [3.05, 3.63) is 39.9 Å². The summed E-state index contributed by atoms with van der Waals surface area (Å²) < 4.78 is 38.6. The molecule has 0 aromatic heterocycles. The SMILES string of the molecule is CN=C(NCCCCc1ccc([N+](=O)[O-])cc1)N1CCN(C(C)C(F)(F)F)CC1.I. The summed E-state index contributed by atoms with van der Waals surface area (Å²) in [6, 6.07) is 5.13. The Morgan fingerprint density at radius 2 is 1.80 bits per heavy atom. The average molecular weight is 543 g/mol. The molecule has 1 aromatic carbocycles. The van der Waals surface area contributed by atoms with E-state index in [1.54, 1.807) is 19.2 Å². The van der Waals surface area contributed by atoms with Crippen LogP contribution in [-0.4, -0.2) is 72.7 Å². The number of piperazine rings is 1. The lowest BCUT2D eigenvalue weighted by atomic mass is 10.1. The molecule has 0 bridgehead atoms. The van der Waals surface area contributed by atoms with Crippen molar-refractivity contribution in [1.82, 2.24) is 15.1 Å². The van der Waals surface area contributed by atoms with Crippen molar-refractivity contribution >= 4 is 35.6 Å². The first-order valence-electron chi connectivity index (χ1n) is 9.72. The van der Waals surface area contributed by atoms with Crippen LogP contribution in [0.25, 0.3) is 0 Å². The molecule has 1 atom stereocenters. The van der Waals surface area contributed by atoms with E-state index in [1.165, 1.54) is 24.0 Å². The number of nitrogens with one attached hydrogen (secondary N) is 1. The molecule has 7 nitrogen and oxygen atoms in total. The Labute approximate surface area is 191 Å². The molecule has 0 aliphatic carbocycles. The molecule has 1 fully saturated rings. The summed E-state index contributed by atoms with van der Waals surface area (Å²) in [5.41, 5.74) is 1.14. The minimum absolute atomic E-state index is 0. The van der Waals surface area contributed by atoms with Gasteiger partial charge in [-0.15, -0.1) is 24.0 Å². The number of rotatable bonds is 7. The van der Waals surface area contributed by atoms with Gasteiger partial charge in [0.2, 0.25) is 0 Å². The summed E-state index contributed by atoms with van der Waals surface area (Å²) in [6.07, 6.45) is -1.57. The Bertz CT molecular complexity index is 692. The number of alkyl halides is 3. The average Bonchev–Trinajstić information content (AvgIpc) is 2.70. The van der Waals surface area contributed by atoms with Gasteiger partial charge in [0.15, 0.2) is 5.96 Å². The number of hydrogen-bond acceptors (Lipinski definition) is 4. The molecule has 0 amide bonds. The minimum Gasteiger partial charge on any atom is -0.356 e. The zero-order valence-electron chi connectivity index (χ0n) is 17.2. The van der Waals surface area contributed by atoms with Gasteiger partial charge in [-0.3, -0.25) is 20.0 Å². The summed E-state index contributed by atoms with van der Waals surface area (Å²) in [6.45, 7) is 3.61. The fourth-order valence-corrected chi connectivity index (χ4v) is 3.30. The highest BCUT2D eigenvalue weighted by Crippen LogP contribution is 2.25. The molecular weight excluding hydrogens is 514 g/mol. The molecular formula is C19H29F3IN5O2. The Hall–Kier alpha value is -1.63. The predicted molar refractivity (Wildman–Crippen MR) is 121 cm³/mol. The van der Waals surface area contributed by atoms with Gasteiger partial charge in [0, 0.05) is 51.9 Å². The number of nitro groups is 1. The molecule has 2 rings (SSSR count). The van der Waals surface area contributed by atoms with Crippen LogP contribution in [0.4, 0.5) is 18.9 Å². The molecule has 170 valence electrons. The van der Waals surface area contributed by atoms with Crippen molar-refractivity contribution in [1.29, 1.82) is 0 Å².